The second-order valence-electron chi connectivity index (χ2n) is 4.81. The van der Waals surface area contributed by atoms with E-state index in [0.717, 1.165) is 12.8 Å². The first kappa shape index (κ1) is 16.6. The highest BCUT2D eigenvalue weighted by Crippen LogP contribution is 2.48. The van der Waals surface area contributed by atoms with Crippen LogP contribution in [0.15, 0.2) is 60.7 Å². The monoisotopic (exact) mass is 320 g/mol. The standard InChI is InChI=1S/C17H21O4P/c1-2-3-14-19-15-22(18,20-16-10-6-4-7-11-16)21-17-12-8-5-9-13-17/h4-13H,2-3,14-15H2,1H3. The zero-order chi connectivity index (χ0) is 15.7. The number of benzene rings is 2. The largest absolute Gasteiger partial charge is 0.456 e. The summed E-state index contributed by atoms with van der Waals surface area (Å²) in [6.07, 6.45) is 1.86. The van der Waals surface area contributed by atoms with Gasteiger partial charge in [0.1, 0.15) is 11.5 Å². The van der Waals surface area contributed by atoms with E-state index in [2.05, 4.69) is 6.92 Å². The van der Waals surface area contributed by atoms with Crippen molar-refractivity contribution in [2.75, 3.05) is 13.0 Å². The summed E-state index contributed by atoms with van der Waals surface area (Å²) in [6, 6.07) is 18.0. The Balaban J connectivity index is 2.07. The van der Waals surface area contributed by atoms with E-state index < -0.39 is 7.60 Å². The van der Waals surface area contributed by atoms with Gasteiger partial charge in [0.25, 0.3) is 0 Å². The normalized spacial score (nSPS) is 11.1. The van der Waals surface area contributed by atoms with Crippen LogP contribution in [0.3, 0.4) is 0 Å². The molecule has 0 atom stereocenters. The second-order valence-corrected chi connectivity index (χ2v) is 6.66. The predicted molar refractivity (Wildman–Crippen MR) is 87.5 cm³/mol. The van der Waals surface area contributed by atoms with E-state index in [0.29, 0.717) is 18.1 Å². The predicted octanol–water partition coefficient (Wildman–Crippen LogP) is 5.11. The van der Waals surface area contributed by atoms with Gasteiger partial charge in [-0.05, 0) is 30.7 Å². The number of hydrogen-bond donors (Lipinski definition) is 0. The molecule has 22 heavy (non-hydrogen) atoms. The van der Waals surface area contributed by atoms with Crippen molar-refractivity contribution < 1.29 is 18.3 Å². The van der Waals surface area contributed by atoms with Crippen LogP contribution in [-0.4, -0.2) is 13.0 Å². The average molecular weight is 320 g/mol. The maximum atomic E-state index is 12.9. The average Bonchev–Trinajstić information content (AvgIpc) is 2.53. The van der Waals surface area contributed by atoms with Crippen LogP contribution in [0.2, 0.25) is 0 Å². The maximum absolute atomic E-state index is 12.9. The minimum absolute atomic E-state index is 0.0726. The van der Waals surface area contributed by atoms with Crippen LogP contribution in [-0.2, 0) is 9.30 Å². The van der Waals surface area contributed by atoms with Crippen LogP contribution in [0.25, 0.3) is 0 Å². The summed E-state index contributed by atoms with van der Waals surface area (Å²) in [6.45, 7) is 2.61. The fraction of sp³-hybridized carbons (Fsp3) is 0.294. The van der Waals surface area contributed by atoms with Crippen LogP contribution < -0.4 is 9.05 Å². The lowest BCUT2D eigenvalue weighted by Gasteiger charge is -2.20. The summed E-state index contributed by atoms with van der Waals surface area (Å²) >= 11 is 0. The molecule has 0 aromatic heterocycles. The highest BCUT2D eigenvalue weighted by molar-refractivity contribution is 7.54. The molecule has 118 valence electrons. The molecule has 0 N–H and O–H groups in total. The zero-order valence-corrected chi connectivity index (χ0v) is 13.6. The van der Waals surface area contributed by atoms with Crippen molar-refractivity contribution >= 4 is 7.60 Å². The summed E-state index contributed by atoms with van der Waals surface area (Å²) in [5, 5.41) is 0. The van der Waals surface area contributed by atoms with Crippen LogP contribution in [0, 0.1) is 0 Å². The fourth-order valence-corrected chi connectivity index (χ4v) is 3.16. The van der Waals surface area contributed by atoms with Gasteiger partial charge in [-0.1, -0.05) is 49.7 Å². The lowest BCUT2D eigenvalue weighted by Crippen LogP contribution is -2.08. The third kappa shape index (κ3) is 5.55. The molecule has 0 amide bonds. The van der Waals surface area contributed by atoms with E-state index in [-0.39, 0.29) is 6.35 Å². The molecule has 0 unspecified atom stereocenters. The zero-order valence-electron chi connectivity index (χ0n) is 12.7. The Kier molecular flexibility index (Phi) is 6.50. The quantitative estimate of drug-likeness (QED) is 0.475. The summed E-state index contributed by atoms with van der Waals surface area (Å²) < 4.78 is 29.6. The topological polar surface area (TPSA) is 44.8 Å². The third-order valence-electron chi connectivity index (χ3n) is 2.87. The Hall–Kier alpha value is -1.77. The molecule has 0 radical (unpaired) electrons. The second kappa shape index (κ2) is 8.62. The van der Waals surface area contributed by atoms with Crippen molar-refractivity contribution in [3.63, 3.8) is 0 Å². The van der Waals surface area contributed by atoms with Gasteiger partial charge in [0.2, 0.25) is 0 Å². The lowest BCUT2D eigenvalue weighted by molar-refractivity contribution is 0.157. The molecule has 0 heterocycles. The number of ether oxygens (including phenoxy) is 1. The molecule has 2 aromatic rings. The van der Waals surface area contributed by atoms with Crippen molar-refractivity contribution in [1.29, 1.82) is 0 Å². The molecule has 5 heteroatoms. The van der Waals surface area contributed by atoms with Crippen LogP contribution in [0.5, 0.6) is 11.5 Å². The van der Waals surface area contributed by atoms with Crippen molar-refractivity contribution in [1.82, 2.24) is 0 Å². The van der Waals surface area contributed by atoms with Gasteiger partial charge in [-0.3, -0.25) is 0 Å². The highest BCUT2D eigenvalue weighted by atomic mass is 31.2. The van der Waals surface area contributed by atoms with Gasteiger partial charge in [-0.15, -0.1) is 0 Å². The third-order valence-corrected chi connectivity index (χ3v) is 4.34. The van der Waals surface area contributed by atoms with Gasteiger partial charge in [0, 0.05) is 6.61 Å². The molecule has 4 nitrogen and oxygen atoms in total. The van der Waals surface area contributed by atoms with E-state index >= 15 is 0 Å². The van der Waals surface area contributed by atoms with E-state index in [1.54, 1.807) is 24.3 Å². The molecule has 0 aliphatic heterocycles. The lowest BCUT2D eigenvalue weighted by atomic mass is 10.3. The molecule has 0 saturated heterocycles. The fourth-order valence-electron chi connectivity index (χ4n) is 1.78. The summed E-state index contributed by atoms with van der Waals surface area (Å²) in [7, 11) is -3.43. The molecule has 2 aromatic carbocycles. The van der Waals surface area contributed by atoms with Gasteiger partial charge in [-0.25, -0.2) is 4.57 Å². The number of rotatable bonds is 9. The van der Waals surface area contributed by atoms with E-state index in [1.165, 1.54) is 0 Å². The van der Waals surface area contributed by atoms with E-state index in [1.807, 2.05) is 36.4 Å². The smallest absolute Gasteiger partial charge is 0.415 e. The van der Waals surface area contributed by atoms with Gasteiger partial charge in [0.05, 0.1) is 0 Å². The van der Waals surface area contributed by atoms with Crippen LogP contribution in [0.1, 0.15) is 19.8 Å². The minimum atomic E-state index is -3.43. The molecule has 2 rings (SSSR count). The minimum Gasteiger partial charge on any atom is -0.415 e. The molecule has 0 fully saturated rings. The first-order chi connectivity index (χ1) is 10.7. The van der Waals surface area contributed by atoms with Gasteiger partial charge >= 0.3 is 7.60 Å². The Labute approximate surface area is 131 Å². The van der Waals surface area contributed by atoms with E-state index in [4.69, 9.17) is 13.8 Å². The maximum Gasteiger partial charge on any atom is 0.456 e. The summed E-state index contributed by atoms with van der Waals surface area (Å²) in [5.41, 5.74) is 0. The summed E-state index contributed by atoms with van der Waals surface area (Å²) in [5.74, 6) is 1.00. The number of para-hydroxylation sites is 2. The Morgan fingerprint density at radius 1 is 0.864 bits per heavy atom. The van der Waals surface area contributed by atoms with Crippen LogP contribution >= 0.6 is 7.60 Å². The van der Waals surface area contributed by atoms with Crippen molar-refractivity contribution in [2.24, 2.45) is 0 Å². The Morgan fingerprint density at radius 3 is 1.82 bits per heavy atom. The van der Waals surface area contributed by atoms with Crippen molar-refractivity contribution in [3.8, 4) is 11.5 Å². The van der Waals surface area contributed by atoms with Gasteiger partial charge < -0.3 is 13.8 Å². The molecule has 0 saturated carbocycles. The van der Waals surface area contributed by atoms with Crippen molar-refractivity contribution in [3.05, 3.63) is 60.7 Å². The van der Waals surface area contributed by atoms with Gasteiger partial charge in [-0.2, -0.15) is 0 Å². The molecule has 0 aliphatic rings. The van der Waals surface area contributed by atoms with Crippen LogP contribution in [0.4, 0.5) is 0 Å². The Morgan fingerprint density at radius 2 is 1.36 bits per heavy atom. The van der Waals surface area contributed by atoms with Gasteiger partial charge in [0.15, 0.2) is 6.35 Å². The number of unbranched alkanes of at least 4 members (excludes halogenated alkanes) is 1. The number of hydrogen-bond acceptors (Lipinski definition) is 4. The molecule has 0 aliphatic carbocycles. The first-order valence-corrected chi connectivity index (χ1v) is 9.11. The molecular weight excluding hydrogens is 299 g/mol. The Bertz CT molecular complexity index is 541. The molecule has 0 bridgehead atoms. The highest BCUT2D eigenvalue weighted by Gasteiger charge is 2.28. The SMILES string of the molecule is CCCCOCP(=O)(Oc1ccccc1)Oc1ccccc1. The molecular formula is C17H21O4P. The first-order valence-electron chi connectivity index (χ1n) is 7.38. The van der Waals surface area contributed by atoms with E-state index in [9.17, 15) is 4.57 Å². The molecule has 0 spiro atoms. The summed E-state index contributed by atoms with van der Waals surface area (Å²) in [4.78, 5) is 0. The van der Waals surface area contributed by atoms with Crippen molar-refractivity contribution in [2.45, 2.75) is 19.8 Å².